The zero-order chi connectivity index (χ0) is 18.9. The normalized spacial score (nSPS) is 15.6. The summed E-state index contributed by atoms with van der Waals surface area (Å²) in [5.74, 6) is 1.86. The number of nitrogens with zero attached hydrogens (tertiary/aromatic N) is 2. The van der Waals surface area contributed by atoms with Crippen LogP contribution in [0.3, 0.4) is 0 Å². The van der Waals surface area contributed by atoms with Crippen molar-refractivity contribution in [2.75, 3.05) is 38.2 Å². The van der Waals surface area contributed by atoms with Crippen molar-refractivity contribution in [2.24, 2.45) is 4.99 Å². The highest BCUT2D eigenvalue weighted by molar-refractivity contribution is 7.14. The molecule has 0 atom stereocenters. The molecule has 2 heterocycles. The Hall–Kier alpha value is -2.21. The molecule has 1 aromatic carbocycles. The van der Waals surface area contributed by atoms with Gasteiger partial charge in [0.15, 0.2) is 5.96 Å². The van der Waals surface area contributed by atoms with Crippen molar-refractivity contribution in [3.05, 3.63) is 47.3 Å². The Morgan fingerprint density at radius 2 is 2.04 bits per heavy atom. The van der Waals surface area contributed by atoms with Crippen LogP contribution in [0.4, 0.5) is 5.00 Å². The Labute approximate surface area is 166 Å². The van der Waals surface area contributed by atoms with Crippen molar-refractivity contribution >= 4 is 22.3 Å². The van der Waals surface area contributed by atoms with Gasteiger partial charge in [0.05, 0.1) is 11.6 Å². The van der Waals surface area contributed by atoms with E-state index in [0.29, 0.717) is 12.6 Å². The number of aliphatic imine (C=N–C) groups is 1. The summed E-state index contributed by atoms with van der Waals surface area (Å²) in [5.41, 5.74) is 1.18. The summed E-state index contributed by atoms with van der Waals surface area (Å²) in [6.07, 6.45) is 3.20. The fraction of sp³-hybridized carbons (Fsp3) is 0.476. The lowest BCUT2D eigenvalue weighted by molar-refractivity contribution is 0.309. The largest absolute Gasteiger partial charge is 0.493 e. The average molecular weight is 387 g/mol. The van der Waals surface area contributed by atoms with Crippen molar-refractivity contribution in [1.82, 2.24) is 10.6 Å². The molecule has 2 N–H and O–H groups in total. The Balaban J connectivity index is 1.32. The van der Waals surface area contributed by atoms with Gasteiger partial charge >= 0.3 is 0 Å². The van der Waals surface area contributed by atoms with Crippen LogP contribution in [-0.4, -0.2) is 45.3 Å². The van der Waals surface area contributed by atoms with Crippen LogP contribution in [0.25, 0.3) is 0 Å². The van der Waals surface area contributed by atoms with Crippen LogP contribution in [0.15, 0.2) is 46.8 Å². The molecule has 1 fully saturated rings. The molecule has 0 bridgehead atoms. The van der Waals surface area contributed by atoms with Crippen LogP contribution in [0, 0.1) is 6.92 Å². The molecule has 146 valence electrons. The van der Waals surface area contributed by atoms with Gasteiger partial charge in [-0.25, -0.2) is 0 Å². The van der Waals surface area contributed by atoms with Gasteiger partial charge < -0.3 is 20.3 Å². The van der Waals surface area contributed by atoms with E-state index in [9.17, 15) is 0 Å². The number of benzene rings is 1. The third-order valence-corrected chi connectivity index (χ3v) is 5.77. The summed E-state index contributed by atoms with van der Waals surface area (Å²) < 4.78 is 5.84. The van der Waals surface area contributed by atoms with E-state index in [1.54, 1.807) is 0 Å². The summed E-state index contributed by atoms with van der Waals surface area (Å²) in [7, 11) is 1.83. The van der Waals surface area contributed by atoms with Crippen LogP contribution >= 0.6 is 11.3 Å². The van der Waals surface area contributed by atoms with E-state index < -0.39 is 0 Å². The van der Waals surface area contributed by atoms with Gasteiger partial charge in [0.25, 0.3) is 0 Å². The summed E-state index contributed by atoms with van der Waals surface area (Å²) in [4.78, 5) is 6.84. The van der Waals surface area contributed by atoms with Crippen molar-refractivity contribution < 1.29 is 4.74 Å². The van der Waals surface area contributed by atoms with E-state index in [4.69, 9.17) is 4.74 Å². The SMILES string of the molecule is CN=C(NCCCOc1ccccc1C)NC1CCN(c2cccs2)CC1. The van der Waals surface area contributed by atoms with Gasteiger partial charge in [-0.1, -0.05) is 18.2 Å². The molecule has 0 radical (unpaired) electrons. The maximum atomic E-state index is 5.84. The average Bonchev–Trinajstić information content (AvgIpc) is 3.23. The summed E-state index contributed by atoms with van der Waals surface area (Å²) in [6.45, 7) is 5.82. The minimum absolute atomic E-state index is 0.482. The number of hydrogen-bond donors (Lipinski definition) is 2. The van der Waals surface area contributed by atoms with Crippen LogP contribution in [0.1, 0.15) is 24.8 Å². The van der Waals surface area contributed by atoms with Crippen molar-refractivity contribution in [1.29, 1.82) is 0 Å². The van der Waals surface area contributed by atoms with Crippen LogP contribution < -0.4 is 20.3 Å². The van der Waals surface area contributed by atoms with E-state index in [1.165, 1.54) is 10.6 Å². The van der Waals surface area contributed by atoms with Gasteiger partial charge in [-0.2, -0.15) is 0 Å². The summed E-state index contributed by atoms with van der Waals surface area (Å²) in [6, 6.07) is 12.9. The van der Waals surface area contributed by atoms with Gasteiger partial charge in [0.1, 0.15) is 5.75 Å². The first-order chi connectivity index (χ1) is 13.3. The van der Waals surface area contributed by atoms with Gasteiger partial charge in [-0.15, -0.1) is 11.3 Å². The molecule has 0 unspecified atom stereocenters. The molecule has 2 aromatic rings. The zero-order valence-corrected chi connectivity index (χ0v) is 17.1. The first-order valence-corrected chi connectivity index (χ1v) is 10.6. The molecule has 0 spiro atoms. The number of para-hydroxylation sites is 1. The number of piperidine rings is 1. The lowest BCUT2D eigenvalue weighted by atomic mass is 10.1. The van der Waals surface area contributed by atoms with E-state index in [0.717, 1.165) is 50.6 Å². The molecule has 0 saturated carbocycles. The highest BCUT2D eigenvalue weighted by Gasteiger charge is 2.20. The monoisotopic (exact) mass is 386 g/mol. The maximum absolute atomic E-state index is 5.84. The van der Waals surface area contributed by atoms with Gasteiger partial charge in [0.2, 0.25) is 0 Å². The van der Waals surface area contributed by atoms with Crippen LogP contribution in [0.2, 0.25) is 0 Å². The summed E-state index contributed by atoms with van der Waals surface area (Å²) in [5, 5.41) is 10.5. The minimum Gasteiger partial charge on any atom is -0.493 e. The number of rotatable bonds is 7. The van der Waals surface area contributed by atoms with Gasteiger partial charge in [0, 0.05) is 32.7 Å². The fourth-order valence-electron chi connectivity index (χ4n) is 3.26. The lowest BCUT2D eigenvalue weighted by Gasteiger charge is -2.33. The quantitative estimate of drug-likeness (QED) is 0.433. The Bertz CT molecular complexity index is 709. The van der Waals surface area contributed by atoms with E-state index in [1.807, 2.05) is 36.6 Å². The van der Waals surface area contributed by atoms with E-state index >= 15 is 0 Å². The molecular weight excluding hydrogens is 356 g/mol. The lowest BCUT2D eigenvalue weighted by Crippen LogP contribution is -2.48. The molecule has 6 heteroatoms. The maximum Gasteiger partial charge on any atom is 0.191 e. The number of guanidine groups is 1. The van der Waals surface area contributed by atoms with Crippen molar-refractivity contribution in [3.8, 4) is 5.75 Å². The third kappa shape index (κ3) is 5.89. The Kier molecular flexibility index (Phi) is 7.39. The van der Waals surface area contributed by atoms with Crippen LogP contribution in [0.5, 0.6) is 5.75 Å². The molecular formula is C21H30N4OS. The molecule has 1 aromatic heterocycles. The number of nitrogens with one attached hydrogen (secondary N) is 2. The molecule has 0 amide bonds. The predicted molar refractivity (Wildman–Crippen MR) is 115 cm³/mol. The minimum atomic E-state index is 0.482. The Morgan fingerprint density at radius 1 is 1.22 bits per heavy atom. The number of aryl methyl sites for hydroxylation is 1. The topological polar surface area (TPSA) is 48.9 Å². The number of ether oxygens (including phenoxy) is 1. The molecule has 1 aliphatic heterocycles. The zero-order valence-electron chi connectivity index (χ0n) is 16.3. The predicted octanol–water partition coefficient (Wildman–Crippen LogP) is 3.66. The molecule has 1 saturated heterocycles. The molecule has 5 nitrogen and oxygen atoms in total. The molecule has 27 heavy (non-hydrogen) atoms. The number of thiophene rings is 1. The van der Waals surface area contributed by atoms with E-state index in [-0.39, 0.29) is 0 Å². The van der Waals surface area contributed by atoms with Gasteiger partial charge in [-0.05, 0) is 55.3 Å². The molecule has 3 rings (SSSR count). The number of anilines is 1. The first kappa shape index (κ1) is 19.5. The molecule has 0 aliphatic carbocycles. The second kappa shape index (κ2) is 10.2. The Morgan fingerprint density at radius 3 is 2.74 bits per heavy atom. The second-order valence-corrected chi connectivity index (χ2v) is 7.75. The summed E-state index contributed by atoms with van der Waals surface area (Å²) >= 11 is 1.82. The number of hydrogen-bond acceptors (Lipinski definition) is 4. The van der Waals surface area contributed by atoms with Crippen molar-refractivity contribution in [2.45, 2.75) is 32.2 Å². The smallest absolute Gasteiger partial charge is 0.191 e. The standard InChI is InChI=1S/C21H30N4OS/c1-17-7-3-4-8-19(17)26-15-6-12-23-21(22-2)24-18-10-13-25(14-11-18)20-9-5-16-27-20/h3-5,7-9,16,18H,6,10-15H2,1-2H3,(H2,22,23,24). The molecule has 1 aliphatic rings. The first-order valence-electron chi connectivity index (χ1n) is 9.70. The van der Waals surface area contributed by atoms with Gasteiger partial charge in [-0.3, -0.25) is 4.99 Å². The van der Waals surface area contributed by atoms with Crippen molar-refractivity contribution in [3.63, 3.8) is 0 Å². The second-order valence-electron chi connectivity index (χ2n) is 6.82. The third-order valence-electron chi connectivity index (χ3n) is 4.84. The highest BCUT2D eigenvalue weighted by Crippen LogP contribution is 2.24. The van der Waals surface area contributed by atoms with Crippen LogP contribution in [-0.2, 0) is 0 Å². The fourth-order valence-corrected chi connectivity index (χ4v) is 4.05. The highest BCUT2D eigenvalue weighted by atomic mass is 32.1. The van der Waals surface area contributed by atoms with E-state index in [2.05, 4.69) is 51.0 Å².